The Kier molecular flexibility index (Phi) is 3.11. The summed E-state index contributed by atoms with van der Waals surface area (Å²) in [6, 6.07) is 7.41. The van der Waals surface area contributed by atoms with Crippen LogP contribution in [0.1, 0.15) is 12.0 Å². The summed E-state index contributed by atoms with van der Waals surface area (Å²) >= 11 is 0. The Bertz CT molecular complexity index is 295. The molecule has 0 radical (unpaired) electrons. The van der Waals surface area contributed by atoms with Crippen molar-refractivity contribution in [2.75, 3.05) is 13.1 Å². The van der Waals surface area contributed by atoms with Gasteiger partial charge in [0.2, 0.25) is 0 Å². The highest BCUT2D eigenvalue weighted by atomic mass is 19.1. The summed E-state index contributed by atoms with van der Waals surface area (Å²) in [6.07, 6.45) is 1.13. The van der Waals surface area contributed by atoms with Gasteiger partial charge in [-0.2, -0.15) is 0 Å². The summed E-state index contributed by atoms with van der Waals surface area (Å²) in [7, 11) is 0. The molecule has 0 aromatic heterocycles. The van der Waals surface area contributed by atoms with Crippen LogP contribution in [0.4, 0.5) is 4.39 Å². The van der Waals surface area contributed by atoms with Gasteiger partial charge in [0.25, 0.3) is 0 Å². The van der Waals surface area contributed by atoms with Crippen LogP contribution in [0.3, 0.4) is 0 Å². The van der Waals surface area contributed by atoms with Crippen molar-refractivity contribution in [1.29, 1.82) is 0 Å². The minimum absolute atomic E-state index is 0.119. The molecule has 0 bridgehead atoms. The molecule has 1 aliphatic heterocycles. The largest absolute Gasteiger partial charge is 0.315 e. The van der Waals surface area contributed by atoms with Crippen molar-refractivity contribution in [1.82, 2.24) is 10.6 Å². The van der Waals surface area contributed by atoms with E-state index in [0.717, 1.165) is 25.1 Å². The summed E-state index contributed by atoms with van der Waals surface area (Å²) in [5, 5.41) is 6.60. The first-order chi connectivity index (χ1) is 6.86. The fourth-order valence-corrected chi connectivity index (χ4v) is 1.72. The van der Waals surface area contributed by atoms with Crippen molar-refractivity contribution in [3.63, 3.8) is 0 Å². The molecule has 0 saturated carbocycles. The molecule has 1 saturated heterocycles. The molecule has 0 unspecified atom stereocenters. The van der Waals surface area contributed by atoms with Crippen LogP contribution in [0.2, 0.25) is 0 Å². The van der Waals surface area contributed by atoms with E-state index in [4.69, 9.17) is 0 Å². The summed E-state index contributed by atoms with van der Waals surface area (Å²) in [4.78, 5) is 0. The van der Waals surface area contributed by atoms with Crippen molar-refractivity contribution >= 4 is 0 Å². The molecule has 0 spiro atoms. The van der Waals surface area contributed by atoms with Crippen LogP contribution in [0.25, 0.3) is 0 Å². The minimum atomic E-state index is -0.119. The second-order valence-corrected chi connectivity index (χ2v) is 3.66. The van der Waals surface area contributed by atoms with Crippen LogP contribution in [0, 0.1) is 5.82 Å². The van der Waals surface area contributed by atoms with Gasteiger partial charge in [0.15, 0.2) is 0 Å². The predicted molar refractivity (Wildman–Crippen MR) is 54.5 cm³/mol. The molecule has 1 aliphatic rings. The van der Waals surface area contributed by atoms with E-state index < -0.39 is 0 Å². The van der Waals surface area contributed by atoms with Gasteiger partial charge in [0, 0.05) is 24.7 Å². The summed E-state index contributed by atoms with van der Waals surface area (Å²) in [5.41, 5.74) is 0.749. The van der Waals surface area contributed by atoms with Crippen LogP contribution < -0.4 is 10.6 Å². The van der Waals surface area contributed by atoms with Gasteiger partial charge in [-0.1, -0.05) is 18.2 Å². The van der Waals surface area contributed by atoms with Gasteiger partial charge in [-0.3, -0.25) is 0 Å². The van der Waals surface area contributed by atoms with Crippen molar-refractivity contribution in [3.05, 3.63) is 35.6 Å². The Morgan fingerprint density at radius 1 is 1.43 bits per heavy atom. The number of nitrogens with one attached hydrogen (secondary N) is 2. The topological polar surface area (TPSA) is 24.1 Å². The maximum atomic E-state index is 13.2. The predicted octanol–water partition coefficient (Wildman–Crippen LogP) is 1.28. The fourth-order valence-electron chi connectivity index (χ4n) is 1.72. The zero-order valence-electron chi connectivity index (χ0n) is 8.09. The SMILES string of the molecule is Fc1ccccc1CN[C@H]1CCNC1. The summed E-state index contributed by atoms with van der Waals surface area (Å²) in [5.74, 6) is -0.119. The van der Waals surface area contributed by atoms with Crippen LogP contribution in [-0.2, 0) is 6.54 Å². The average molecular weight is 194 g/mol. The third-order valence-corrected chi connectivity index (χ3v) is 2.60. The molecule has 1 aromatic carbocycles. The second-order valence-electron chi connectivity index (χ2n) is 3.66. The Hall–Kier alpha value is -0.930. The lowest BCUT2D eigenvalue weighted by atomic mass is 10.2. The fraction of sp³-hybridized carbons (Fsp3) is 0.455. The first-order valence-corrected chi connectivity index (χ1v) is 5.04. The first kappa shape index (κ1) is 9.62. The second kappa shape index (κ2) is 4.53. The Morgan fingerprint density at radius 2 is 2.29 bits per heavy atom. The van der Waals surface area contributed by atoms with E-state index in [1.54, 1.807) is 6.07 Å². The van der Waals surface area contributed by atoms with Crippen LogP contribution >= 0.6 is 0 Å². The Labute approximate surface area is 83.5 Å². The van der Waals surface area contributed by atoms with E-state index in [2.05, 4.69) is 10.6 Å². The monoisotopic (exact) mass is 194 g/mol. The molecule has 14 heavy (non-hydrogen) atoms. The maximum absolute atomic E-state index is 13.2. The molecule has 76 valence electrons. The number of benzene rings is 1. The van der Waals surface area contributed by atoms with Gasteiger partial charge in [0.05, 0.1) is 0 Å². The third kappa shape index (κ3) is 2.30. The molecule has 1 atom stereocenters. The Morgan fingerprint density at radius 3 is 3.00 bits per heavy atom. The molecule has 1 fully saturated rings. The normalized spacial score (nSPS) is 21.4. The lowest BCUT2D eigenvalue weighted by molar-refractivity contribution is 0.527. The Balaban J connectivity index is 1.88. The standard InChI is InChI=1S/C11H15FN2/c12-11-4-2-1-3-9(11)7-14-10-5-6-13-8-10/h1-4,10,13-14H,5-8H2/t10-/m0/s1. The number of halogens is 1. The molecule has 1 heterocycles. The van der Waals surface area contributed by atoms with E-state index in [1.807, 2.05) is 12.1 Å². The molecule has 3 heteroatoms. The summed E-state index contributed by atoms with van der Waals surface area (Å²) < 4.78 is 13.2. The molecular weight excluding hydrogens is 179 g/mol. The molecular formula is C11H15FN2. The van der Waals surface area contributed by atoms with E-state index in [-0.39, 0.29) is 5.82 Å². The van der Waals surface area contributed by atoms with Gasteiger partial charge in [-0.05, 0) is 19.0 Å². The van der Waals surface area contributed by atoms with Crippen molar-refractivity contribution in [2.45, 2.75) is 19.0 Å². The third-order valence-electron chi connectivity index (χ3n) is 2.60. The zero-order valence-corrected chi connectivity index (χ0v) is 8.09. The molecule has 2 N–H and O–H groups in total. The zero-order chi connectivity index (χ0) is 9.80. The van der Waals surface area contributed by atoms with Gasteiger partial charge >= 0.3 is 0 Å². The van der Waals surface area contributed by atoms with Crippen LogP contribution in [-0.4, -0.2) is 19.1 Å². The van der Waals surface area contributed by atoms with Crippen LogP contribution in [0.5, 0.6) is 0 Å². The molecule has 1 aromatic rings. The minimum Gasteiger partial charge on any atom is -0.315 e. The molecule has 2 nitrogen and oxygen atoms in total. The highest BCUT2D eigenvalue weighted by Crippen LogP contribution is 2.07. The number of hydrogen-bond acceptors (Lipinski definition) is 2. The smallest absolute Gasteiger partial charge is 0.127 e. The van der Waals surface area contributed by atoms with Gasteiger partial charge in [0.1, 0.15) is 5.82 Å². The van der Waals surface area contributed by atoms with Crippen molar-refractivity contribution in [3.8, 4) is 0 Å². The summed E-state index contributed by atoms with van der Waals surface area (Å²) in [6.45, 7) is 2.68. The van der Waals surface area contributed by atoms with Gasteiger partial charge in [-0.15, -0.1) is 0 Å². The van der Waals surface area contributed by atoms with Crippen molar-refractivity contribution in [2.24, 2.45) is 0 Å². The van der Waals surface area contributed by atoms with Crippen LogP contribution in [0.15, 0.2) is 24.3 Å². The molecule has 0 amide bonds. The van der Waals surface area contributed by atoms with E-state index in [1.165, 1.54) is 6.07 Å². The van der Waals surface area contributed by atoms with E-state index in [9.17, 15) is 4.39 Å². The lowest BCUT2D eigenvalue weighted by Gasteiger charge is -2.11. The highest BCUT2D eigenvalue weighted by Gasteiger charge is 2.13. The average Bonchev–Trinajstić information content (AvgIpc) is 2.69. The molecule has 0 aliphatic carbocycles. The lowest BCUT2D eigenvalue weighted by Crippen LogP contribution is -2.30. The van der Waals surface area contributed by atoms with Crippen molar-refractivity contribution < 1.29 is 4.39 Å². The quantitative estimate of drug-likeness (QED) is 0.757. The maximum Gasteiger partial charge on any atom is 0.127 e. The number of rotatable bonds is 3. The van der Waals surface area contributed by atoms with Gasteiger partial charge in [-0.25, -0.2) is 4.39 Å². The van der Waals surface area contributed by atoms with E-state index >= 15 is 0 Å². The first-order valence-electron chi connectivity index (χ1n) is 5.04. The van der Waals surface area contributed by atoms with E-state index in [0.29, 0.717) is 12.6 Å². The molecule has 2 rings (SSSR count). The number of hydrogen-bond donors (Lipinski definition) is 2. The highest BCUT2D eigenvalue weighted by molar-refractivity contribution is 5.17. The van der Waals surface area contributed by atoms with Gasteiger partial charge < -0.3 is 10.6 Å².